The highest BCUT2D eigenvalue weighted by Crippen LogP contribution is 2.32. The Kier molecular flexibility index (Phi) is 6.61. The van der Waals surface area contributed by atoms with Crippen LogP contribution in [0, 0.1) is 6.92 Å². The first-order valence-electron chi connectivity index (χ1n) is 10.6. The molecule has 0 radical (unpaired) electrons. The first-order chi connectivity index (χ1) is 15.5. The summed E-state index contributed by atoms with van der Waals surface area (Å²) in [7, 11) is 0. The van der Waals surface area contributed by atoms with Crippen LogP contribution in [-0.2, 0) is 0 Å². The summed E-state index contributed by atoms with van der Waals surface area (Å²) in [5.74, 6) is -0.207. The lowest BCUT2D eigenvalue weighted by Gasteiger charge is -2.22. The van der Waals surface area contributed by atoms with E-state index in [0.717, 1.165) is 37.2 Å². The number of aryl methyl sites for hydroxylation is 1. The fourth-order valence-electron chi connectivity index (χ4n) is 3.74. The Morgan fingerprint density at radius 1 is 0.844 bits per heavy atom. The zero-order valence-electron chi connectivity index (χ0n) is 17.8. The van der Waals surface area contributed by atoms with Crippen LogP contribution in [0.25, 0.3) is 0 Å². The minimum absolute atomic E-state index is 0.207. The van der Waals surface area contributed by atoms with Gasteiger partial charge in [-0.05, 0) is 67.8 Å². The van der Waals surface area contributed by atoms with E-state index in [4.69, 9.17) is 11.6 Å². The number of carbonyl (C=O) groups is 2. The molecule has 1 aliphatic rings. The molecule has 0 bridgehead atoms. The average molecular weight is 449 g/mol. The summed E-state index contributed by atoms with van der Waals surface area (Å²) in [4.78, 5) is 27.5. The molecule has 3 N–H and O–H groups in total. The molecule has 1 fully saturated rings. The van der Waals surface area contributed by atoms with Crippen LogP contribution < -0.4 is 20.9 Å². The highest BCUT2D eigenvalue weighted by molar-refractivity contribution is 6.33. The van der Waals surface area contributed by atoms with Crippen LogP contribution in [0.4, 0.5) is 27.5 Å². The van der Waals surface area contributed by atoms with Gasteiger partial charge in [-0.3, -0.25) is 4.79 Å². The topological polar surface area (TPSA) is 73.5 Å². The SMILES string of the molecule is Cc1ccc(NC(=O)Nc2cc(NC(=O)c3ccccc3)ccc2N2CCCC2)c(Cl)c1. The first-order valence-corrected chi connectivity index (χ1v) is 11.0. The number of rotatable bonds is 5. The maximum absolute atomic E-state index is 12.8. The number of amides is 3. The maximum Gasteiger partial charge on any atom is 0.323 e. The van der Waals surface area contributed by atoms with Crippen LogP contribution in [0.1, 0.15) is 28.8 Å². The molecule has 7 heteroatoms. The molecule has 0 unspecified atom stereocenters. The number of nitrogens with one attached hydrogen (secondary N) is 3. The summed E-state index contributed by atoms with van der Waals surface area (Å²) in [6, 6.07) is 19.6. The lowest BCUT2D eigenvalue weighted by molar-refractivity contribution is 0.102. The van der Waals surface area contributed by atoms with E-state index in [-0.39, 0.29) is 5.91 Å². The van der Waals surface area contributed by atoms with Crippen molar-refractivity contribution in [2.75, 3.05) is 33.9 Å². The van der Waals surface area contributed by atoms with Crippen molar-refractivity contribution >= 4 is 46.3 Å². The molecular formula is C25H25ClN4O2. The van der Waals surface area contributed by atoms with E-state index in [1.165, 1.54) is 0 Å². The van der Waals surface area contributed by atoms with Crippen molar-refractivity contribution in [2.45, 2.75) is 19.8 Å². The van der Waals surface area contributed by atoms with Gasteiger partial charge in [-0.1, -0.05) is 35.9 Å². The third kappa shape index (κ3) is 5.21. The van der Waals surface area contributed by atoms with Crippen molar-refractivity contribution in [3.63, 3.8) is 0 Å². The molecule has 3 aromatic rings. The molecule has 32 heavy (non-hydrogen) atoms. The van der Waals surface area contributed by atoms with Gasteiger partial charge in [0.05, 0.1) is 22.1 Å². The highest BCUT2D eigenvalue weighted by Gasteiger charge is 2.18. The van der Waals surface area contributed by atoms with E-state index in [0.29, 0.717) is 27.6 Å². The van der Waals surface area contributed by atoms with Gasteiger partial charge in [0.15, 0.2) is 0 Å². The fourth-order valence-corrected chi connectivity index (χ4v) is 4.02. The number of benzene rings is 3. The van der Waals surface area contributed by atoms with Gasteiger partial charge >= 0.3 is 6.03 Å². The molecular weight excluding hydrogens is 424 g/mol. The van der Waals surface area contributed by atoms with E-state index in [1.54, 1.807) is 30.3 Å². The predicted octanol–water partition coefficient (Wildman–Crippen LogP) is 6.14. The Morgan fingerprint density at radius 3 is 2.28 bits per heavy atom. The van der Waals surface area contributed by atoms with Crippen molar-refractivity contribution in [1.82, 2.24) is 0 Å². The van der Waals surface area contributed by atoms with E-state index >= 15 is 0 Å². The smallest absolute Gasteiger partial charge is 0.323 e. The molecule has 1 aliphatic heterocycles. The second kappa shape index (κ2) is 9.75. The predicted molar refractivity (Wildman–Crippen MR) is 131 cm³/mol. The van der Waals surface area contributed by atoms with Gasteiger partial charge in [-0.25, -0.2) is 4.79 Å². The third-order valence-corrected chi connectivity index (χ3v) is 5.67. The molecule has 4 rings (SSSR count). The third-order valence-electron chi connectivity index (χ3n) is 5.36. The number of hydrogen-bond acceptors (Lipinski definition) is 3. The van der Waals surface area contributed by atoms with Gasteiger partial charge in [-0.15, -0.1) is 0 Å². The quantitative estimate of drug-likeness (QED) is 0.438. The van der Waals surface area contributed by atoms with Gasteiger partial charge in [0, 0.05) is 24.3 Å². The van der Waals surface area contributed by atoms with Crippen molar-refractivity contribution in [1.29, 1.82) is 0 Å². The zero-order valence-corrected chi connectivity index (χ0v) is 18.6. The number of halogens is 1. The molecule has 3 amide bonds. The molecule has 1 saturated heterocycles. The van der Waals surface area contributed by atoms with Crippen LogP contribution in [0.3, 0.4) is 0 Å². The Bertz CT molecular complexity index is 1130. The monoisotopic (exact) mass is 448 g/mol. The van der Waals surface area contributed by atoms with Crippen LogP contribution in [-0.4, -0.2) is 25.0 Å². The van der Waals surface area contributed by atoms with Gasteiger partial charge in [-0.2, -0.15) is 0 Å². The molecule has 1 heterocycles. The highest BCUT2D eigenvalue weighted by atomic mass is 35.5. The lowest BCUT2D eigenvalue weighted by Crippen LogP contribution is -2.24. The van der Waals surface area contributed by atoms with Gasteiger partial charge < -0.3 is 20.9 Å². The summed E-state index contributed by atoms with van der Waals surface area (Å²) in [5.41, 5.74) is 4.26. The molecule has 3 aromatic carbocycles. The van der Waals surface area contributed by atoms with Crippen LogP contribution >= 0.6 is 11.6 Å². The molecule has 0 atom stereocenters. The number of carbonyl (C=O) groups excluding carboxylic acids is 2. The van der Waals surface area contributed by atoms with Gasteiger partial charge in [0.25, 0.3) is 5.91 Å². The van der Waals surface area contributed by atoms with Crippen molar-refractivity contribution in [2.24, 2.45) is 0 Å². The Balaban J connectivity index is 1.55. The van der Waals surface area contributed by atoms with Crippen LogP contribution in [0.5, 0.6) is 0 Å². The number of anilines is 4. The minimum atomic E-state index is -0.400. The minimum Gasteiger partial charge on any atom is -0.370 e. The molecule has 0 aromatic heterocycles. The molecule has 0 aliphatic carbocycles. The van der Waals surface area contributed by atoms with Crippen molar-refractivity contribution in [3.05, 3.63) is 82.9 Å². The average Bonchev–Trinajstić information content (AvgIpc) is 3.31. The van der Waals surface area contributed by atoms with E-state index < -0.39 is 6.03 Å². The Morgan fingerprint density at radius 2 is 1.56 bits per heavy atom. The Hall–Kier alpha value is -3.51. The Labute approximate surface area is 192 Å². The summed E-state index contributed by atoms with van der Waals surface area (Å²) in [6.45, 7) is 3.79. The second-order valence-corrected chi connectivity index (χ2v) is 8.22. The standard InChI is InChI=1S/C25H25ClN4O2/c1-17-9-11-21(20(26)15-17)28-25(32)29-22-16-19(10-12-23(22)30-13-5-6-14-30)27-24(31)18-7-3-2-4-8-18/h2-4,7-12,15-16H,5-6,13-14H2,1H3,(H,27,31)(H2,28,29,32). The molecule has 0 saturated carbocycles. The van der Waals surface area contributed by atoms with E-state index in [9.17, 15) is 9.59 Å². The largest absolute Gasteiger partial charge is 0.370 e. The van der Waals surface area contributed by atoms with Gasteiger partial charge in [0.2, 0.25) is 0 Å². The summed E-state index contributed by atoms with van der Waals surface area (Å²) >= 11 is 6.25. The van der Waals surface area contributed by atoms with Crippen molar-refractivity contribution in [3.8, 4) is 0 Å². The lowest BCUT2D eigenvalue weighted by atomic mass is 10.2. The normalized spacial score (nSPS) is 13.0. The van der Waals surface area contributed by atoms with Crippen LogP contribution in [0.15, 0.2) is 66.7 Å². The summed E-state index contributed by atoms with van der Waals surface area (Å²) < 4.78 is 0. The fraction of sp³-hybridized carbons (Fsp3) is 0.200. The van der Waals surface area contributed by atoms with Gasteiger partial charge in [0.1, 0.15) is 0 Å². The van der Waals surface area contributed by atoms with E-state index in [1.807, 2.05) is 43.3 Å². The second-order valence-electron chi connectivity index (χ2n) is 7.81. The summed E-state index contributed by atoms with van der Waals surface area (Å²) in [5, 5.41) is 9.11. The van der Waals surface area contributed by atoms with Crippen LogP contribution in [0.2, 0.25) is 5.02 Å². The molecule has 0 spiro atoms. The first kappa shape index (κ1) is 21.7. The number of hydrogen-bond donors (Lipinski definition) is 3. The molecule has 6 nitrogen and oxygen atoms in total. The van der Waals surface area contributed by atoms with E-state index in [2.05, 4.69) is 20.9 Å². The number of urea groups is 1. The maximum atomic E-state index is 12.8. The molecule has 164 valence electrons. The summed E-state index contributed by atoms with van der Waals surface area (Å²) in [6.07, 6.45) is 2.22. The zero-order chi connectivity index (χ0) is 22.5. The van der Waals surface area contributed by atoms with Crippen molar-refractivity contribution < 1.29 is 9.59 Å². The number of nitrogens with zero attached hydrogens (tertiary/aromatic N) is 1.